The van der Waals surface area contributed by atoms with Crippen molar-refractivity contribution in [2.24, 2.45) is 0 Å². The molecule has 0 aliphatic rings. The Morgan fingerprint density at radius 1 is 0.917 bits per heavy atom. The minimum Gasteiger partial charge on any atom is -0.166 e. The lowest BCUT2D eigenvalue weighted by Crippen LogP contribution is -2.16. The van der Waals surface area contributed by atoms with Crippen LogP contribution in [0.1, 0.15) is 0 Å². The van der Waals surface area contributed by atoms with E-state index >= 15 is 0 Å². The summed E-state index contributed by atoms with van der Waals surface area (Å²) in [4.78, 5) is -2.14. The fraction of sp³-hybridized carbons (Fsp3) is 0.500. The van der Waals surface area contributed by atoms with Gasteiger partial charge in [0.25, 0.3) is 0 Å². The molecular weight excluding hydrogens is 230 g/mol. The Kier molecular flexibility index (Phi) is 3.36. The molecule has 0 spiro atoms. The van der Waals surface area contributed by atoms with Crippen molar-refractivity contribution in [1.29, 1.82) is 0 Å². The highest BCUT2D eigenvalue weighted by atomic mass is 35.5. The van der Waals surface area contributed by atoms with Gasteiger partial charge in [-0.25, -0.2) is 0 Å². The zero-order valence-electron chi connectivity index (χ0n) is 5.09. The van der Waals surface area contributed by atoms with Gasteiger partial charge in [0.2, 0.25) is 0 Å². The molecule has 0 nitrogen and oxygen atoms in total. The molecule has 0 aromatic carbocycles. The predicted octanol–water partition coefficient (Wildman–Crippen LogP) is 3.49. The summed E-state index contributed by atoms with van der Waals surface area (Å²) in [5.41, 5.74) is 0. The highest BCUT2D eigenvalue weighted by Crippen LogP contribution is 2.39. The van der Waals surface area contributed by atoms with Gasteiger partial charge in [-0.1, -0.05) is 11.6 Å². The molecule has 0 atom stereocenters. The molecule has 0 rings (SSSR count). The van der Waals surface area contributed by atoms with Crippen LogP contribution in [0.25, 0.3) is 0 Å². The summed E-state index contributed by atoms with van der Waals surface area (Å²) in [6.07, 6.45) is -10.4. The van der Waals surface area contributed by atoms with Gasteiger partial charge < -0.3 is 0 Å². The zero-order valence-corrected chi connectivity index (χ0v) is 6.74. The van der Waals surface area contributed by atoms with Crippen molar-refractivity contribution in [2.75, 3.05) is 0 Å². The molecule has 0 radical (unpaired) electrons. The average molecular weight is 231 g/mol. The highest BCUT2D eigenvalue weighted by molar-refractivity contribution is 7.84. The zero-order chi connectivity index (χ0) is 10.2. The third-order valence-corrected chi connectivity index (χ3v) is 1.74. The molecule has 0 bridgehead atoms. The monoisotopic (exact) mass is 230 g/mol. The smallest absolute Gasteiger partial charge is 0.166 e. The second-order valence-electron chi connectivity index (χ2n) is 1.66. The van der Waals surface area contributed by atoms with Gasteiger partial charge in [-0.2, -0.15) is 26.3 Å². The van der Waals surface area contributed by atoms with Crippen molar-refractivity contribution in [1.82, 2.24) is 0 Å². The summed E-state index contributed by atoms with van der Waals surface area (Å²) in [5, 5.41) is -2.27. The van der Waals surface area contributed by atoms with E-state index in [1.165, 1.54) is 0 Å². The standard InChI is InChI=1S/C4HClF6S/c5-1(3(6,7)8)2(12)4(9,10)11/h12H. The van der Waals surface area contributed by atoms with E-state index in [1.807, 2.05) is 0 Å². The average Bonchev–Trinajstić information content (AvgIpc) is 1.80. The van der Waals surface area contributed by atoms with E-state index in [0.29, 0.717) is 0 Å². The molecule has 0 heterocycles. The lowest BCUT2D eigenvalue weighted by molar-refractivity contribution is -0.104. The molecule has 0 aromatic rings. The van der Waals surface area contributed by atoms with E-state index in [0.717, 1.165) is 0 Å². The van der Waals surface area contributed by atoms with Gasteiger partial charge in [-0.3, -0.25) is 0 Å². The minimum atomic E-state index is -5.21. The SMILES string of the molecule is FC(F)(F)C(S)=C(Cl)C(F)(F)F. The fourth-order valence-corrected chi connectivity index (χ4v) is 0.493. The Morgan fingerprint density at radius 3 is 1.33 bits per heavy atom. The molecule has 0 aliphatic carbocycles. The number of allylic oxidation sites excluding steroid dienone is 2. The molecule has 0 aromatic heterocycles. The predicted molar refractivity (Wildman–Crippen MR) is 34.0 cm³/mol. The van der Waals surface area contributed by atoms with Crippen LogP contribution in [0.15, 0.2) is 9.94 Å². The Morgan fingerprint density at radius 2 is 1.25 bits per heavy atom. The molecule has 0 aliphatic heterocycles. The van der Waals surface area contributed by atoms with Gasteiger partial charge in [0.15, 0.2) is 0 Å². The van der Waals surface area contributed by atoms with E-state index in [2.05, 4.69) is 24.2 Å². The van der Waals surface area contributed by atoms with Crippen molar-refractivity contribution in [2.45, 2.75) is 12.4 Å². The van der Waals surface area contributed by atoms with Crippen molar-refractivity contribution in [3.05, 3.63) is 9.94 Å². The number of hydrogen-bond donors (Lipinski definition) is 1. The summed E-state index contributed by atoms with van der Waals surface area (Å²) >= 11 is 6.95. The number of halogens is 7. The summed E-state index contributed by atoms with van der Waals surface area (Å²) < 4.78 is 69.0. The molecule has 0 saturated carbocycles. The number of thiol groups is 1. The van der Waals surface area contributed by atoms with Crippen molar-refractivity contribution in [3.8, 4) is 0 Å². The Balaban J connectivity index is 4.96. The van der Waals surface area contributed by atoms with Crippen LogP contribution >= 0.6 is 24.2 Å². The van der Waals surface area contributed by atoms with Crippen molar-refractivity contribution >= 4 is 24.2 Å². The maximum atomic E-state index is 11.5. The molecule has 72 valence electrons. The first-order chi connectivity index (χ1) is 5.07. The molecule has 0 amide bonds. The molecule has 8 heteroatoms. The first-order valence-electron chi connectivity index (χ1n) is 2.30. The topological polar surface area (TPSA) is 0 Å². The van der Waals surface area contributed by atoms with Crippen LogP contribution in [0, 0.1) is 0 Å². The second kappa shape index (κ2) is 3.37. The van der Waals surface area contributed by atoms with Crippen LogP contribution < -0.4 is 0 Å². The fourth-order valence-electron chi connectivity index (χ4n) is 0.259. The molecule has 0 unspecified atom stereocenters. The summed E-state index contributed by atoms with van der Waals surface area (Å²) in [5.74, 6) is 0. The van der Waals surface area contributed by atoms with Crippen LogP contribution in [0.5, 0.6) is 0 Å². The maximum Gasteiger partial charge on any atom is 0.428 e. The summed E-state index contributed by atoms with van der Waals surface area (Å²) in [6, 6.07) is 0. The van der Waals surface area contributed by atoms with Gasteiger partial charge in [0, 0.05) is 0 Å². The first kappa shape index (κ1) is 12.0. The Labute approximate surface area is 73.6 Å². The molecule has 0 fully saturated rings. The van der Waals surface area contributed by atoms with Crippen LogP contribution in [-0.2, 0) is 0 Å². The highest BCUT2D eigenvalue weighted by Gasteiger charge is 2.43. The lowest BCUT2D eigenvalue weighted by atomic mass is 10.4. The molecule has 12 heavy (non-hydrogen) atoms. The number of alkyl halides is 6. The van der Waals surface area contributed by atoms with Gasteiger partial charge in [0.05, 0.1) is 0 Å². The van der Waals surface area contributed by atoms with Crippen molar-refractivity contribution < 1.29 is 26.3 Å². The van der Waals surface area contributed by atoms with Crippen LogP contribution in [-0.4, -0.2) is 12.4 Å². The lowest BCUT2D eigenvalue weighted by Gasteiger charge is -2.10. The van der Waals surface area contributed by atoms with Gasteiger partial charge in [-0.15, -0.1) is 12.6 Å². The molecular formula is C4HClF6S. The maximum absolute atomic E-state index is 11.5. The van der Waals surface area contributed by atoms with Crippen molar-refractivity contribution in [3.63, 3.8) is 0 Å². The number of rotatable bonds is 0. The van der Waals surface area contributed by atoms with Crippen LogP contribution in [0.4, 0.5) is 26.3 Å². The van der Waals surface area contributed by atoms with Gasteiger partial charge in [-0.05, 0) is 0 Å². The largest absolute Gasteiger partial charge is 0.428 e. The number of hydrogen-bond acceptors (Lipinski definition) is 1. The molecule has 0 N–H and O–H groups in total. The van der Waals surface area contributed by atoms with Gasteiger partial charge in [0.1, 0.15) is 9.94 Å². The van der Waals surface area contributed by atoms with Crippen LogP contribution in [0.2, 0.25) is 0 Å². The second-order valence-corrected chi connectivity index (χ2v) is 2.48. The Bertz CT molecular complexity index is 179. The minimum absolute atomic E-state index is 2.14. The van der Waals surface area contributed by atoms with E-state index in [1.54, 1.807) is 0 Å². The third-order valence-electron chi connectivity index (χ3n) is 0.725. The quantitative estimate of drug-likeness (QED) is 0.478. The van der Waals surface area contributed by atoms with E-state index in [4.69, 9.17) is 0 Å². The Hall–Kier alpha value is -0.0400. The first-order valence-corrected chi connectivity index (χ1v) is 3.12. The third kappa shape index (κ3) is 3.14. The normalized spacial score (nSPS) is 16.0. The van der Waals surface area contributed by atoms with Gasteiger partial charge >= 0.3 is 12.4 Å². The van der Waals surface area contributed by atoms with E-state index in [-0.39, 0.29) is 0 Å². The molecule has 0 saturated heterocycles. The van der Waals surface area contributed by atoms with E-state index in [9.17, 15) is 26.3 Å². The summed E-state index contributed by atoms with van der Waals surface area (Å²) in [6.45, 7) is 0. The summed E-state index contributed by atoms with van der Waals surface area (Å²) in [7, 11) is 0. The van der Waals surface area contributed by atoms with E-state index < -0.39 is 22.3 Å². The van der Waals surface area contributed by atoms with Crippen LogP contribution in [0.3, 0.4) is 0 Å².